The van der Waals surface area contributed by atoms with Crippen molar-refractivity contribution in [3.05, 3.63) is 24.3 Å². The molecule has 1 N–H and O–H groups in total. The molecule has 0 aromatic rings. The van der Waals surface area contributed by atoms with Crippen LogP contribution in [0.4, 0.5) is 0 Å². The number of carbonyl (C=O) groups excluding carboxylic acids is 4. The zero-order valence-corrected chi connectivity index (χ0v) is 22.3. The van der Waals surface area contributed by atoms with Gasteiger partial charge in [-0.1, -0.05) is 19.6 Å². The number of carbonyl (C=O) groups is 4. The van der Waals surface area contributed by atoms with Gasteiger partial charge in [0.15, 0.2) is 11.7 Å². The summed E-state index contributed by atoms with van der Waals surface area (Å²) < 4.78 is 29.0. The molecule has 3 fully saturated rings. The van der Waals surface area contributed by atoms with Gasteiger partial charge >= 0.3 is 23.9 Å². The first-order valence-electron chi connectivity index (χ1n) is 12.3. The highest BCUT2D eigenvalue weighted by Gasteiger charge is 2.75. The lowest BCUT2D eigenvalue weighted by Crippen LogP contribution is -2.70. The Balaban J connectivity index is 2.04. The Hall–Kier alpha value is -2.43. The third kappa shape index (κ3) is 4.36. The second-order valence-corrected chi connectivity index (χ2v) is 11.2. The maximum atomic E-state index is 12.9. The van der Waals surface area contributed by atoms with Crippen molar-refractivity contribution in [2.75, 3.05) is 6.61 Å². The van der Waals surface area contributed by atoms with Crippen LogP contribution in [0.25, 0.3) is 0 Å². The van der Waals surface area contributed by atoms with Gasteiger partial charge in [0.25, 0.3) is 0 Å². The number of halogens is 1. The molecule has 0 unspecified atom stereocenters. The van der Waals surface area contributed by atoms with Crippen molar-refractivity contribution in [2.45, 2.75) is 88.5 Å². The fourth-order valence-electron chi connectivity index (χ4n) is 6.49. The predicted octanol–water partition coefficient (Wildman–Crippen LogP) is 1.99. The molecule has 1 saturated carbocycles. The van der Waals surface area contributed by atoms with Crippen LogP contribution in [0, 0.1) is 17.3 Å². The second kappa shape index (κ2) is 9.39. The summed E-state index contributed by atoms with van der Waals surface area (Å²) >= 11 is 6.70. The molecule has 37 heavy (non-hydrogen) atoms. The van der Waals surface area contributed by atoms with Crippen molar-refractivity contribution in [1.82, 2.24) is 0 Å². The summed E-state index contributed by atoms with van der Waals surface area (Å²) in [6, 6.07) is 0. The molecule has 0 bridgehead atoms. The minimum atomic E-state index is -2.12. The van der Waals surface area contributed by atoms with E-state index in [9.17, 15) is 24.3 Å². The monoisotopic (exact) mass is 540 g/mol. The topological polar surface area (TPSA) is 138 Å². The zero-order valence-electron chi connectivity index (χ0n) is 21.5. The molecule has 2 aliphatic heterocycles. The van der Waals surface area contributed by atoms with Crippen molar-refractivity contribution in [3.8, 4) is 0 Å². The van der Waals surface area contributed by atoms with Gasteiger partial charge in [0, 0.05) is 26.7 Å². The van der Waals surface area contributed by atoms with Gasteiger partial charge in [-0.2, -0.15) is 0 Å². The minimum absolute atomic E-state index is 0.259. The first-order valence-corrected chi connectivity index (χ1v) is 12.7. The Labute approximate surface area is 220 Å². The smallest absolute Gasteiger partial charge is 0.312 e. The van der Waals surface area contributed by atoms with Crippen LogP contribution in [0.15, 0.2) is 24.3 Å². The number of rotatable bonds is 3. The molecule has 4 rings (SSSR count). The molecule has 1 spiro atoms. The summed E-state index contributed by atoms with van der Waals surface area (Å²) in [4.78, 5) is 49.9. The normalized spacial score (nSPS) is 45.6. The summed E-state index contributed by atoms with van der Waals surface area (Å²) in [5, 5.41) is 11.3. The van der Waals surface area contributed by atoms with Crippen LogP contribution in [0.2, 0.25) is 0 Å². The summed E-state index contributed by atoms with van der Waals surface area (Å²) in [7, 11) is 0. The third-order valence-electron chi connectivity index (χ3n) is 8.39. The zero-order chi connectivity index (χ0) is 27.5. The molecular formula is C26H33ClO10. The number of epoxide rings is 1. The van der Waals surface area contributed by atoms with E-state index in [1.807, 2.05) is 0 Å². The number of alkyl halides is 1. The minimum Gasteiger partial charge on any atom is -0.462 e. The van der Waals surface area contributed by atoms with Gasteiger partial charge in [0.1, 0.15) is 18.3 Å². The lowest BCUT2D eigenvalue weighted by Gasteiger charge is -2.56. The average molecular weight is 541 g/mol. The Morgan fingerprint density at radius 2 is 1.73 bits per heavy atom. The second-order valence-electron chi connectivity index (χ2n) is 10.7. The van der Waals surface area contributed by atoms with Crippen LogP contribution in [0.5, 0.6) is 0 Å². The molecule has 204 valence electrons. The summed E-state index contributed by atoms with van der Waals surface area (Å²) in [5.41, 5.74) is -4.05. The van der Waals surface area contributed by atoms with Gasteiger partial charge in [0.05, 0.1) is 28.9 Å². The predicted molar refractivity (Wildman–Crippen MR) is 128 cm³/mol. The molecule has 2 saturated heterocycles. The van der Waals surface area contributed by atoms with Crippen LogP contribution >= 0.6 is 11.6 Å². The van der Waals surface area contributed by atoms with E-state index in [0.29, 0.717) is 12.8 Å². The van der Waals surface area contributed by atoms with Crippen molar-refractivity contribution in [1.29, 1.82) is 0 Å². The highest BCUT2D eigenvalue weighted by Crippen LogP contribution is 2.62. The van der Waals surface area contributed by atoms with E-state index in [0.717, 1.165) is 0 Å². The van der Waals surface area contributed by atoms with Gasteiger partial charge in [-0.3, -0.25) is 19.2 Å². The quantitative estimate of drug-likeness (QED) is 0.245. The maximum Gasteiger partial charge on any atom is 0.312 e. The fourth-order valence-corrected chi connectivity index (χ4v) is 6.82. The average Bonchev–Trinajstić information content (AvgIpc) is 3.53. The lowest BCUT2D eigenvalue weighted by molar-refractivity contribution is -0.238. The molecule has 0 amide bonds. The molecule has 0 aromatic heterocycles. The standard InChI is InChI=1S/C26H33ClO10/c1-12-7-8-17(34-14(3)28)24(6)18(35-15(4)29)9-10-25(11-33-25)20(24)22(36-16(5)30)26(32)13(2)23(31)37-21(26)19(12)27/h7-8,13,17-22,32H,1,9-11H2,2-6H3/b8-7-/t13-,17-,18-,19-,20+,21-,22-,24-,25+,26+/m0/s1. The number of ether oxygens (including phenoxy) is 5. The Morgan fingerprint density at radius 1 is 1.14 bits per heavy atom. The SMILES string of the molecule is C=C1/C=C\[C@H](OC(C)=O)[C@@]2(C)[C@@H](OC(C)=O)CC[C@@]3(CO3)[C@@H]2[C@H](OC(C)=O)[C@@]2(O)[C@@H](C)C(=O)O[C@H]2[C@H]1Cl. The highest BCUT2D eigenvalue weighted by atomic mass is 35.5. The number of hydrogen-bond acceptors (Lipinski definition) is 10. The van der Waals surface area contributed by atoms with Crippen molar-refractivity contribution in [2.24, 2.45) is 17.3 Å². The Bertz CT molecular complexity index is 1050. The lowest BCUT2D eigenvalue weighted by atomic mass is 9.53. The molecule has 10 atom stereocenters. The van der Waals surface area contributed by atoms with Crippen molar-refractivity contribution in [3.63, 3.8) is 0 Å². The van der Waals surface area contributed by atoms with E-state index in [-0.39, 0.29) is 12.2 Å². The molecular weight excluding hydrogens is 508 g/mol. The van der Waals surface area contributed by atoms with E-state index in [1.54, 1.807) is 13.0 Å². The van der Waals surface area contributed by atoms with Gasteiger partial charge in [-0.05, 0) is 31.4 Å². The van der Waals surface area contributed by atoms with E-state index in [4.69, 9.17) is 35.3 Å². The third-order valence-corrected chi connectivity index (χ3v) is 8.90. The van der Waals surface area contributed by atoms with E-state index in [1.165, 1.54) is 33.8 Å². The molecule has 0 radical (unpaired) electrons. The van der Waals surface area contributed by atoms with Crippen LogP contribution in [-0.4, -0.2) is 76.6 Å². The number of hydrogen-bond donors (Lipinski definition) is 1. The number of fused-ring (bicyclic) bond motifs is 3. The van der Waals surface area contributed by atoms with Crippen LogP contribution in [0.3, 0.4) is 0 Å². The van der Waals surface area contributed by atoms with Crippen molar-refractivity contribution >= 4 is 35.5 Å². The molecule has 0 aromatic carbocycles. The van der Waals surface area contributed by atoms with Crippen LogP contribution in [0.1, 0.15) is 47.5 Å². The maximum absolute atomic E-state index is 12.9. The highest BCUT2D eigenvalue weighted by molar-refractivity contribution is 6.23. The summed E-state index contributed by atoms with van der Waals surface area (Å²) in [6.07, 6.45) is -0.716. The molecule has 11 heteroatoms. The number of allylic oxidation sites excluding steroid dienone is 1. The van der Waals surface area contributed by atoms with Gasteiger partial charge in [-0.25, -0.2) is 0 Å². The molecule has 4 aliphatic rings. The van der Waals surface area contributed by atoms with Gasteiger partial charge in [-0.15, -0.1) is 11.6 Å². The largest absolute Gasteiger partial charge is 0.462 e. The summed E-state index contributed by atoms with van der Waals surface area (Å²) in [6.45, 7) is 11.1. The van der Waals surface area contributed by atoms with Crippen LogP contribution < -0.4 is 0 Å². The van der Waals surface area contributed by atoms with Gasteiger partial charge in [0.2, 0.25) is 0 Å². The van der Waals surface area contributed by atoms with Crippen LogP contribution in [-0.2, 0) is 42.9 Å². The Kier molecular flexibility index (Phi) is 7.01. The first kappa shape index (κ1) is 27.6. The van der Waals surface area contributed by atoms with Gasteiger partial charge < -0.3 is 28.8 Å². The number of esters is 4. The van der Waals surface area contributed by atoms with E-state index >= 15 is 0 Å². The first-order chi connectivity index (χ1) is 17.2. The number of aliphatic hydroxyl groups is 1. The molecule has 2 heterocycles. The van der Waals surface area contributed by atoms with E-state index in [2.05, 4.69) is 6.58 Å². The summed E-state index contributed by atoms with van der Waals surface area (Å²) in [5.74, 6) is -4.66. The van der Waals surface area contributed by atoms with E-state index < -0.39 is 82.1 Å². The fraction of sp³-hybridized carbons (Fsp3) is 0.692. The Morgan fingerprint density at radius 3 is 2.27 bits per heavy atom. The molecule has 2 aliphatic carbocycles. The van der Waals surface area contributed by atoms with Crippen molar-refractivity contribution < 1.29 is 48.0 Å². The molecule has 10 nitrogen and oxygen atoms in total.